The van der Waals surface area contributed by atoms with Crippen molar-refractivity contribution in [2.45, 2.75) is 0 Å². The van der Waals surface area contributed by atoms with E-state index in [0.29, 0.717) is 43.1 Å². The first-order valence-corrected chi connectivity index (χ1v) is 10.6. The molecule has 0 spiro atoms. The van der Waals surface area contributed by atoms with Gasteiger partial charge in [-0.25, -0.2) is 0 Å². The fourth-order valence-corrected chi connectivity index (χ4v) is 3.63. The maximum Gasteiger partial charge on any atom is 0.270 e. The molecule has 8 heteroatoms. The number of nitrogens with zero attached hydrogens (tertiary/aromatic N) is 2. The molecule has 0 saturated carbocycles. The van der Waals surface area contributed by atoms with Crippen LogP contribution in [0.1, 0.15) is 26.5 Å². The molecule has 2 aromatic carbocycles. The third-order valence-electron chi connectivity index (χ3n) is 5.43. The number of rotatable bonds is 6. The minimum atomic E-state index is -0.467. The monoisotopic (exact) mass is 444 g/mol. The van der Waals surface area contributed by atoms with Crippen LogP contribution in [0, 0.1) is 0 Å². The van der Waals surface area contributed by atoms with Gasteiger partial charge < -0.3 is 25.3 Å². The molecule has 0 aliphatic carbocycles. The zero-order valence-corrected chi connectivity index (χ0v) is 17.9. The summed E-state index contributed by atoms with van der Waals surface area (Å²) in [5.41, 5.74) is 7.32. The van der Waals surface area contributed by atoms with Crippen molar-refractivity contribution in [3.63, 3.8) is 0 Å². The van der Waals surface area contributed by atoms with Gasteiger partial charge in [0, 0.05) is 49.1 Å². The van der Waals surface area contributed by atoms with Crippen molar-refractivity contribution in [3.8, 4) is 0 Å². The van der Waals surface area contributed by atoms with Crippen LogP contribution in [0.5, 0.6) is 0 Å². The summed E-state index contributed by atoms with van der Waals surface area (Å²) in [6.45, 7) is 2.19. The standard InChI is InChI=1S/C25H24N4O4/c26-23(30)18-8-10-20(11-9-18)28-12-14-29(15-13-28)25(32)22(17-21-7-4-16-33-21)27-24(31)19-5-2-1-3-6-19/h1-11,16-17H,12-15H2,(H2,26,30)(H,27,31)/b22-17-. The van der Waals surface area contributed by atoms with Crippen molar-refractivity contribution < 1.29 is 18.8 Å². The van der Waals surface area contributed by atoms with Gasteiger partial charge in [-0.05, 0) is 48.5 Å². The third kappa shape index (κ3) is 5.30. The Labute approximate surface area is 191 Å². The van der Waals surface area contributed by atoms with Crippen LogP contribution in [0.15, 0.2) is 83.1 Å². The fourth-order valence-electron chi connectivity index (χ4n) is 3.63. The van der Waals surface area contributed by atoms with Gasteiger partial charge in [-0.2, -0.15) is 0 Å². The van der Waals surface area contributed by atoms with Gasteiger partial charge in [-0.1, -0.05) is 18.2 Å². The normalized spacial score (nSPS) is 14.1. The Hall–Kier alpha value is -4.33. The lowest BCUT2D eigenvalue weighted by Crippen LogP contribution is -2.50. The van der Waals surface area contributed by atoms with Gasteiger partial charge in [0.2, 0.25) is 5.91 Å². The predicted molar refractivity (Wildman–Crippen MR) is 124 cm³/mol. The molecule has 1 aromatic heterocycles. The van der Waals surface area contributed by atoms with Crippen LogP contribution in [0.2, 0.25) is 0 Å². The molecule has 0 atom stereocenters. The summed E-state index contributed by atoms with van der Waals surface area (Å²) in [6.07, 6.45) is 3.05. The van der Waals surface area contributed by atoms with E-state index in [4.69, 9.17) is 10.2 Å². The lowest BCUT2D eigenvalue weighted by atomic mass is 10.1. The van der Waals surface area contributed by atoms with E-state index in [0.717, 1.165) is 5.69 Å². The van der Waals surface area contributed by atoms with E-state index in [1.807, 2.05) is 18.2 Å². The highest BCUT2D eigenvalue weighted by molar-refractivity contribution is 6.05. The summed E-state index contributed by atoms with van der Waals surface area (Å²) in [4.78, 5) is 41.1. The number of amides is 3. The second-order valence-electron chi connectivity index (χ2n) is 7.58. The van der Waals surface area contributed by atoms with Crippen molar-refractivity contribution in [2.24, 2.45) is 5.73 Å². The Morgan fingerprint density at radius 1 is 0.848 bits per heavy atom. The molecule has 1 fully saturated rings. The maximum absolute atomic E-state index is 13.3. The van der Waals surface area contributed by atoms with Gasteiger partial charge in [0.15, 0.2) is 0 Å². The van der Waals surface area contributed by atoms with Crippen LogP contribution in [0.4, 0.5) is 5.69 Å². The van der Waals surface area contributed by atoms with Gasteiger partial charge in [-0.15, -0.1) is 0 Å². The SMILES string of the molecule is NC(=O)c1ccc(N2CCN(C(=O)/C(=C/c3ccco3)NC(=O)c3ccccc3)CC2)cc1. The average Bonchev–Trinajstić information content (AvgIpc) is 3.37. The van der Waals surface area contributed by atoms with Crippen LogP contribution >= 0.6 is 0 Å². The van der Waals surface area contributed by atoms with Crippen LogP contribution in [-0.2, 0) is 4.79 Å². The second-order valence-corrected chi connectivity index (χ2v) is 7.58. The minimum Gasteiger partial charge on any atom is -0.465 e. The molecular formula is C25H24N4O4. The third-order valence-corrected chi connectivity index (χ3v) is 5.43. The van der Waals surface area contributed by atoms with Gasteiger partial charge >= 0.3 is 0 Å². The van der Waals surface area contributed by atoms with Crippen LogP contribution in [0.3, 0.4) is 0 Å². The molecule has 8 nitrogen and oxygen atoms in total. The fraction of sp³-hybridized carbons (Fsp3) is 0.160. The van der Waals surface area contributed by atoms with Gasteiger partial charge in [0.25, 0.3) is 11.8 Å². The number of nitrogens with one attached hydrogen (secondary N) is 1. The summed E-state index contributed by atoms with van der Waals surface area (Å²) in [5.74, 6) is -0.639. The van der Waals surface area contributed by atoms with Gasteiger partial charge in [-0.3, -0.25) is 14.4 Å². The highest BCUT2D eigenvalue weighted by atomic mass is 16.3. The molecule has 2 heterocycles. The number of nitrogens with two attached hydrogens (primary N) is 1. The zero-order chi connectivity index (χ0) is 23.2. The van der Waals surface area contributed by atoms with Crippen molar-refractivity contribution in [2.75, 3.05) is 31.1 Å². The van der Waals surface area contributed by atoms with Crippen molar-refractivity contribution in [1.29, 1.82) is 0 Å². The Kier molecular flexibility index (Phi) is 6.54. The molecule has 1 aliphatic rings. The van der Waals surface area contributed by atoms with Gasteiger partial charge in [0.1, 0.15) is 11.5 Å². The van der Waals surface area contributed by atoms with Crippen LogP contribution in [-0.4, -0.2) is 48.8 Å². The number of carbonyl (C=O) groups excluding carboxylic acids is 3. The lowest BCUT2D eigenvalue weighted by Gasteiger charge is -2.36. The number of furan rings is 1. The Bertz CT molecular complexity index is 1150. The molecule has 4 rings (SSSR count). The van der Waals surface area contributed by atoms with E-state index in [1.165, 1.54) is 12.3 Å². The van der Waals surface area contributed by atoms with E-state index in [1.54, 1.807) is 53.4 Å². The molecule has 33 heavy (non-hydrogen) atoms. The van der Waals surface area contributed by atoms with Crippen molar-refractivity contribution in [1.82, 2.24) is 10.2 Å². The molecular weight excluding hydrogens is 420 g/mol. The smallest absolute Gasteiger partial charge is 0.270 e. The van der Waals surface area contributed by atoms with E-state index in [-0.39, 0.29) is 17.5 Å². The predicted octanol–water partition coefficient (Wildman–Crippen LogP) is 2.50. The van der Waals surface area contributed by atoms with E-state index >= 15 is 0 Å². The number of piperazine rings is 1. The lowest BCUT2D eigenvalue weighted by molar-refractivity contribution is -0.127. The molecule has 3 amide bonds. The number of hydrogen-bond acceptors (Lipinski definition) is 5. The first-order chi connectivity index (χ1) is 16.0. The molecule has 1 saturated heterocycles. The highest BCUT2D eigenvalue weighted by Gasteiger charge is 2.25. The first-order valence-electron chi connectivity index (χ1n) is 10.6. The van der Waals surface area contributed by atoms with Crippen LogP contribution in [0.25, 0.3) is 6.08 Å². The molecule has 1 aliphatic heterocycles. The number of carbonyl (C=O) groups is 3. The molecule has 3 aromatic rings. The number of hydrogen-bond donors (Lipinski definition) is 2. The molecule has 3 N–H and O–H groups in total. The maximum atomic E-state index is 13.3. The van der Waals surface area contributed by atoms with E-state index in [2.05, 4.69) is 10.2 Å². The zero-order valence-electron chi connectivity index (χ0n) is 17.9. The Morgan fingerprint density at radius 3 is 2.15 bits per heavy atom. The Balaban J connectivity index is 1.45. The second kappa shape index (κ2) is 9.86. The molecule has 0 unspecified atom stereocenters. The summed E-state index contributed by atoms with van der Waals surface area (Å²) in [5, 5.41) is 2.74. The number of primary amides is 1. The summed E-state index contributed by atoms with van der Waals surface area (Å²) in [6, 6.07) is 19.2. The Morgan fingerprint density at radius 2 is 1.55 bits per heavy atom. The molecule has 168 valence electrons. The number of anilines is 1. The molecule has 0 radical (unpaired) electrons. The van der Waals surface area contributed by atoms with Crippen LogP contribution < -0.4 is 16.0 Å². The van der Waals surface area contributed by atoms with Crippen molar-refractivity contribution in [3.05, 3.63) is 95.6 Å². The quantitative estimate of drug-likeness (QED) is 0.568. The van der Waals surface area contributed by atoms with Gasteiger partial charge in [0.05, 0.1) is 6.26 Å². The summed E-state index contributed by atoms with van der Waals surface area (Å²) < 4.78 is 5.35. The molecule has 0 bridgehead atoms. The minimum absolute atomic E-state index is 0.151. The largest absolute Gasteiger partial charge is 0.465 e. The number of benzene rings is 2. The summed E-state index contributed by atoms with van der Waals surface area (Å²) >= 11 is 0. The summed E-state index contributed by atoms with van der Waals surface area (Å²) in [7, 11) is 0. The first kappa shape index (κ1) is 21.9. The topological polar surface area (TPSA) is 109 Å². The van der Waals surface area contributed by atoms with E-state index in [9.17, 15) is 14.4 Å². The van der Waals surface area contributed by atoms with E-state index < -0.39 is 5.91 Å². The average molecular weight is 444 g/mol. The van der Waals surface area contributed by atoms with Crippen molar-refractivity contribution >= 4 is 29.5 Å². The highest BCUT2D eigenvalue weighted by Crippen LogP contribution is 2.19.